The predicted octanol–water partition coefficient (Wildman–Crippen LogP) is 5.98. The number of nitrogens with zero attached hydrogens (tertiary/aromatic N) is 2. The van der Waals surface area contributed by atoms with Crippen molar-refractivity contribution >= 4 is 35.2 Å². The van der Waals surface area contributed by atoms with E-state index < -0.39 is 10.9 Å². The second kappa shape index (κ2) is 8.20. The van der Waals surface area contributed by atoms with Gasteiger partial charge in [-0.1, -0.05) is 37.6 Å². The van der Waals surface area contributed by atoms with Gasteiger partial charge >= 0.3 is 5.97 Å². The molecule has 0 fully saturated rings. The molecule has 4 rings (SSSR count). The van der Waals surface area contributed by atoms with Gasteiger partial charge in [0.2, 0.25) is 5.90 Å². The summed E-state index contributed by atoms with van der Waals surface area (Å²) >= 11 is 6.15. The number of benzene rings is 2. The number of halogens is 1. The molecule has 0 spiro atoms. The summed E-state index contributed by atoms with van der Waals surface area (Å²) in [6.45, 7) is 4.20. The van der Waals surface area contributed by atoms with Gasteiger partial charge in [-0.05, 0) is 41.8 Å². The van der Waals surface area contributed by atoms with Gasteiger partial charge in [0.05, 0.1) is 9.95 Å². The Morgan fingerprint density at radius 2 is 1.84 bits per heavy atom. The fourth-order valence-electron chi connectivity index (χ4n) is 3.07. The molecular formula is C23H17ClN2O5. The lowest BCUT2D eigenvalue weighted by atomic mass is 10.0. The fraction of sp³-hybridized carbons (Fsp3) is 0.130. The van der Waals surface area contributed by atoms with Gasteiger partial charge in [-0.3, -0.25) is 10.1 Å². The molecule has 2 aromatic carbocycles. The van der Waals surface area contributed by atoms with Crippen molar-refractivity contribution in [1.82, 2.24) is 0 Å². The first-order chi connectivity index (χ1) is 14.8. The first kappa shape index (κ1) is 20.6. The van der Waals surface area contributed by atoms with Gasteiger partial charge in [-0.25, -0.2) is 9.79 Å². The molecule has 0 unspecified atom stereocenters. The molecule has 0 aliphatic carbocycles. The lowest BCUT2D eigenvalue weighted by Gasteiger charge is -2.05. The van der Waals surface area contributed by atoms with Crippen LogP contribution < -0.4 is 0 Å². The predicted molar refractivity (Wildman–Crippen MR) is 117 cm³/mol. The highest BCUT2D eigenvalue weighted by molar-refractivity contribution is 6.33. The Morgan fingerprint density at radius 3 is 2.48 bits per heavy atom. The molecule has 0 saturated heterocycles. The van der Waals surface area contributed by atoms with Crippen LogP contribution in [0.25, 0.3) is 17.4 Å². The van der Waals surface area contributed by atoms with Gasteiger partial charge in [0.25, 0.3) is 5.69 Å². The Kier molecular flexibility index (Phi) is 5.44. The summed E-state index contributed by atoms with van der Waals surface area (Å²) in [6.07, 6.45) is 1.47. The molecule has 3 aromatic rings. The number of cyclic esters (lactones) is 1. The van der Waals surface area contributed by atoms with Crippen LogP contribution >= 0.6 is 11.6 Å². The van der Waals surface area contributed by atoms with Crippen LogP contribution in [0, 0.1) is 10.1 Å². The first-order valence-electron chi connectivity index (χ1n) is 9.49. The number of rotatable bonds is 5. The van der Waals surface area contributed by atoms with E-state index in [2.05, 4.69) is 18.8 Å². The monoisotopic (exact) mass is 436 g/mol. The second-order valence-corrected chi connectivity index (χ2v) is 7.64. The lowest BCUT2D eigenvalue weighted by Crippen LogP contribution is -2.05. The van der Waals surface area contributed by atoms with Crippen molar-refractivity contribution in [3.05, 3.63) is 92.3 Å². The molecule has 0 amide bonds. The third-order valence-electron chi connectivity index (χ3n) is 4.78. The minimum Gasteiger partial charge on any atom is -0.457 e. The molecule has 0 radical (unpaired) electrons. The smallest absolute Gasteiger partial charge is 0.363 e. The topological polar surface area (TPSA) is 94.9 Å². The van der Waals surface area contributed by atoms with E-state index in [1.807, 2.05) is 24.3 Å². The van der Waals surface area contributed by atoms with Crippen molar-refractivity contribution in [2.24, 2.45) is 4.99 Å². The Morgan fingerprint density at radius 1 is 1.10 bits per heavy atom. The number of carbonyl (C=O) groups is 1. The van der Waals surface area contributed by atoms with E-state index >= 15 is 0 Å². The summed E-state index contributed by atoms with van der Waals surface area (Å²) in [5.74, 6) is 0.837. The van der Waals surface area contributed by atoms with Crippen molar-refractivity contribution in [3.8, 4) is 11.3 Å². The summed E-state index contributed by atoms with van der Waals surface area (Å²) in [7, 11) is 0. The largest absolute Gasteiger partial charge is 0.457 e. The minimum absolute atomic E-state index is 0.110. The number of nitro benzene ring substituents is 1. The molecule has 7 nitrogen and oxygen atoms in total. The zero-order valence-electron chi connectivity index (χ0n) is 16.7. The van der Waals surface area contributed by atoms with E-state index in [9.17, 15) is 14.9 Å². The molecule has 2 heterocycles. The average Bonchev–Trinajstić information content (AvgIpc) is 3.35. The van der Waals surface area contributed by atoms with Crippen molar-refractivity contribution < 1.29 is 18.9 Å². The van der Waals surface area contributed by atoms with Crippen molar-refractivity contribution in [3.63, 3.8) is 0 Å². The molecule has 8 heteroatoms. The average molecular weight is 437 g/mol. The van der Waals surface area contributed by atoms with E-state index in [4.69, 9.17) is 20.8 Å². The highest BCUT2D eigenvalue weighted by atomic mass is 35.5. The fourth-order valence-corrected chi connectivity index (χ4v) is 3.34. The van der Waals surface area contributed by atoms with Crippen molar-refractivity contribution in [2.45, 2.75) is 19.8 Å². The number of aliphatic imine (C=N–C) groups is 1. The van der Waals surface area contributed by atoms with Crippen LogP contribution in [0.2, 0.25) is 5.02 Å². The molecule has 31 heavy (non-hydrogen) atoms. The maximum Gasteiger partial charge on any atom is 0.363 e. The van der Waals surface area contributed by atoms with Crippen LogP contribution in [0.5, 0.6) is 0 Å². The van der Waals surface area contributed by atoms with Gasteiger partial charge in [0.15, 0.2) is 5.70 Å². The van der Waals surface area contributed by atoms with E-state index in [0.717, 1.165) is 0 Å². The van der Waals surface area contributed by atoms with E-state index in [1.54, 1.807) is 12.1 Å². The second-order valence-electron chi connectivity index (χ2n) is 7.24. The summed E-state index contributed by atoms with van der Waals surface area (Å²) in [5.41, 5.74) is 2.38. The number of hydrogen-bond donors (Lipinski definition) is 0. The van der Waals surface area contributed by atoms with Crippen molar-refractivity contribution in [1.29, 1.82) is 0 Å². The van der Waals surface area contributed by atoms with Gasteiger partial charge < -0.3 is 9.15 Å². The molecule has 156 valence electrons. The molecule has 0 atom stereocenters. The molecular weight excluding hydrogens is 420 g/mol. The zero-order valence-corrected chi connectivity index (χ0v) is 17.4. The zero-order chi connectivity index (χ0) is 22.1. The highest BCUT2D eigenvalue weighted by Gasteiger charge is 2.25. The molecule has 0 saturated carbocycles. The van der Waals surface area contributed by atoms with Crippen LogP contribution in [0.4, 0.5) is 5.69 Å². The number of furan rings is 1. The van der Waals surface area contributed by atoms with Gasteiger partial charge in [0, 0.05) is 29.3 Å². The third kappa shape index (κ3) is 4.27. The molecule has 1 aromatic heterocycles. The quantitative estimate of drug-likeness (QED) is 0.212. The summed E-state index contributed by atoms with van der Waals surface area (Å²) < 4.78 is 11.0. The van der Waals surface area contributed by atoms with Crippen LogP contribution in [0.1, 0.15) is 36.7 Å². The molecule has 0 N–H and O–H groups in total. The van der Waals surface area contributed by atoms with Gasteiger partial charge in [-0.15, -0.1) is 0 Å². The SMILES string of the molecule is CC(C)c1ccc(C2=N/C(=C\c3ccc(-c4ccc([N+](=O)[O-])cc4Cl)o3)C(=O)O2)cc1. The van der Waals surface area contributed by atoms with Crippen molar-refractivity contribution in [2.75, 3.05) is 0 Å². The Hall–Kier alpha value is -3.71. The van der Waals surface area contributed by atoms with Gasteiger partial charge in [0.1, 0.15) is 11.5 Å². The molecule has 0 bridgehead atoms. The normalized spacial score (nSPS) is 14.8. The number of nitro groups is 1. The minimum atomic E-state index is -0.575. The Balaban J connectivity index is 1.59. The third-order valence-corrected chi connectivity index (χ3v) is 5.09. The number of carbonyl (C=O) groups excluding carboxylic acids is 1. The Bertz CT molecular complexity index is 1240. The first-order valence-corrected chi connectivity index (χ1v) is 9.86. The van der Waals surface area contributed by atoms with E-state index in [1.165, 1.54) is 29.8 Å². The van der Waals surface area contributed by atoms with Gasteiger partial charge in [-0.2, -0.15) is 0 Å². The molecule has 1 aliphatic rings. The van der Waals surface area contributed by atoms with Crippen LogP contribution in [-0.4, -0.2) is 16.8 Å². The maximum atomic E-state index is 12.2. The molecule has 1 aliphatic heterocycles. The highest BCUT2D eigenvalue weighted by Crippen LogP contribution is 2.33. The van der Waals surface area contributed by atoms with E-state index in [-0.39, 0.29) is 22.3 Å². The van der Waals surface area contributed by atoms with E-state index in [0.29, 0.717) is 28.6 Å². The maximum absolute atomic E-state index is 12.2. The number of ether oxygens (including phenoxy) is 1. The lowest BCUT2D eigenvalue weighted by molar-refractivity contribution is -0.384. The summed E-state index contributed by atoms with van der Waals surface area (Å²) in [6, 6.07) is 15.1. The summed E-state index contributed by atoms with van der Waals surface area (Å²) in [5, 5.41) is 11.1. The Labute approximate surface area is 182 Å². The number of esters is 1. The number of non-ortho nitro benzene ring substituents is 1. The van der Waals surface area contributed by atoms with Crippen LogP contribution in [0.15, 0.2) is 69.7 Å². The number of hydrogen-bond acceptors (Lipinski definition) is 6. The van der Waals surface area contributed by atoms with Crippen LogP contribution in [0.3, 0.4) is 0 Å². The standard InChI is InChI=1S/C23H17ClN2O5/c1-13(2)14-3-5-15(6-4-14)22-25-20(23(27)31-22)12-17-8-10-21(30-17)18-9-7-16(26(28)29)11-19(18)24/h3-13H,1-2H3/b20-12-. The van der Waals surface area contributed by atoms with Crippen LogP contribution in [-0.2, 0) is 9.53 Å². The summed E-state index contributed by atoms with van der Waals surface area (Å²) in [4.78, 5) is 26.9.